The lowest BCUT2D eigenvalue weighted by atomic mass is 10.1. The molecule has 0 amide bonds. The number of nitrogens with one attached hydrogen (secondary N) is 2. The summed E-state index contributed by atoms with van der Waals surface area (Å²) in [6, 6.07) is 6.69. The lowest BCUT2D eigenvalue weighted by Gasteiger charge is -2.03. The van der Waals surface area contributed by atoms with Crippen LogP contribution in [0.25, 0.3) is 0 Å². The predicted molar refractivity (Wildman–Crippen MR) is 71.6 cm³/mol. The molecule has 1 aromatic heterocycles. The summed E-state index contributed by atoms with van der Waals surface area (Å²) >= 11 is 11.7. The second-order valence-corrected chi connectivity index (χ2v) is 4.68. The molecule has 1 aromatic carbocycles. The SMILES string of the molecule is O=c1cc(CCc2ccc(Cl)c(Cl)c2)[nH][nH]c1=O. The van der Waals surface area contributed by atoms with Crippen LogP contribution >= 0.6 is 23.2 Å². The summed E-state index contributed by atoms with van der Waals surface area (Å²) in [5.74, 6) is 0. The molecule has 18 heavy (non-hydrogen) atoms. The fourth-order valence-electron chi connectivity index (χ4n) is 1.57. The van der Waals surface area contributed by atoms with E-state index in [2.05, 4.69) is 10.2 Å². The summed E-state index contributed by atoms with van der Waals surface area (Å²) in [6.45, 7) is 0. The number of hydrogen-bond donors (Lipinski definition) is 2. The second-order valence-electron chi connectivity index (χ2n) is 3.86. The van der Waals surface area contributed by atoms with Crippen molar-refractivity contribution < 1.29 is 0 Å². The number of aromatic nitrogens is 2. The van der Waals surface area contributed by atoms with E-state index >= 15 is 0 Å². The lowest BCUT2D eigenvalue weighted by Crippen LogP contribution is -2.27. The number of benzene rings is 1. The Kier molecular flexibility index (Phi) is 3.89. The van der Waals surface area contributed by atoms with Crippen LogP contribution in [0.4, 0.5) is 0 Å². The van der Waals surface area contributed by atoms with Crippen molar-refractivity contribution in [2.24, 2.45) is 0 Å². The first kappa shape index (κ1) is 12.9. The van der Waals surface area contributed by atoms with E-state index < -0.39 is 11.0 Å². The molecule has 0 aliphatic rings. The van der Waals surface area contributed by atoms with E-state index in [1.807, 2.05) is 6.07 Å². The number of halogens is 2. The predicted octanol–water partition coefficient (Wildman–Crippen LogP) is 2.16. The second kappa shape index (κ2) is 5.42. The van der Waals surface area contributed by atoms with E-state index in [0.717, 1.165) is 5.56 Å². The quantitative estimate of drug-likeness (QED) is 0.849. The van der Waals surface area contributed by atoms with Gasteiger partial charge in [-0.2, -0.15) is 0 Å². The molecule has 2 N–H and O–H groups in total. The smallest absolute Gasteiger partial charge is 0.302 e. The normalized spacial score (nSPS) is 10.6. The highest BCUT2D eigenvalue weighted by Crippen LogP contribution is 2.23. The van der Waals surface area contributed by atoms with Crippen molar-refractivity contribution in [2.45, 2.75) is 12.8 Å². The number of aryl methyl sites for hydroxylation is 2. The Morgan fingerprint density at radius 1 is 0.944 bits per heavy atom. The van der Waals surface area contributed by atoms with Gasteiger partial charge in [-0.1, -0.05) is 29.3 Å². The van der Waals surface area contributed by atoms with Crippen LogP contribution in [0, 0.1) is 0 Å². The molecule has 0 aliphatic heterocycles. The Balaban J connectivity index is 2.11. The maximum absolute atomic E-state index is 11.1. The molecule has 0 radical (unpaired) electrons. The average Bonchev–Trinajstić information content (AvgIpc) is 2.35. The largest absolute Gasteiger partial charge is 0.310 e. The molecule has 0 atom stereocenters. The Morgan fingerprint density at radius 2 is 1.72 bits per heavy atom. The van der Waals surface area contributed by atoms with Crippen LogP contribution in [0.15, 0.2) is 33.9 Å². The molecule has 0 bridgehead atoms. The number of rotatable bonds is 3. The van der Waals surface area contributed by atoms with Crippen molar-refractivity contribution in [3.63, 3.8) is 0 Å². The van der Waals surface area contributed by atoms with Crippen molar-refractivity contribution in [3.8, 4) is 0 Å². The van der Waals surface area contributed by atoms with Gasteiger partial charge < -0.3 is 5.10 Å². The van der Waals surface area contributed by atoms with Crippen molar-refractivity contribution >= 4 is 23.2 Å². The Bertz CT molecular complexity index is 676. The Morgan fingerprint density at radius 3 is 2.39 bits per heavy atom. The fraction of sp³-hybridized carbons (Fsp3) is 0.167. The summed E-state index contributed by atoms with van der Waals surface area (Å²) in [5, 5.41) is 5.98. The number of aromatic amines is 2. The minimum absolute atomic E-state index is 0.504. The van der Waals surface area contributed by atoms with E-state index in [9.17, 15) is 9.59 Å². The highest BCUT2D eigenvalue weighted by atomic mass is 35.5. The van der Waals surface area contributed by atoms with Gasteiger partial charge in [-0.15, -0.1) is 0 Å². The molecule has 6 heteroatoms. The van der Waals surface area contributed by atoms with Crippen LogP contribution in [-0.2, 0) is 12.8 Å². The minimum atomic E-state index is -0.645. The highest BCUT2D eigenvalue weighted by molar-refractivity contribution is 6.42. The van der Waals surface area contributed by atoms with E-state index in [-0.39, 0.29) is 0 Å². The zero-order chi connectivity index (χ0) is 13.1. The van der Waals surface area contributed by atoms with Crippen molar-refractivity contribution in [1.29, 1.82) is 0 Å². The van der Waals surface area contributed by atoms with E-state index in [0.29, 0.717) is 28.6 Å². The van der Waals surface area contributed by atoms with Crippen molar-refractivity contribution in [3.05, 3.63) is 66.1 Å². The maximum Gasteiger partial charge on any atom is 0.310 e. The molecule has 2 rings (SSSR count). The van der Waals surface area contributed by atoms with Crippen molar-refractivity contribution in [2.75, 3.05) is 0 Å². The third-order valence-electron chi connectivity index (χ3n) is 2.53. The molecular weight excluding hydrogens is 275 g/mol. The van der Waals surface area contributed by atoms with E-state index in [4.69, 9.17) is 23.2 Å². The Hall–Kier alpha value is -1.52. The molecular formula is C12H10Cl2N2O2. The zero-order valence-electron chi connectivity index (χ0n) is 9.30. The first-order valence-electron chi connectivity index (χ1n) is 5.31. The molecule has 1 heterocycles. The molecule has 0 saturated heterocycles. The summed E-state index contributed by atoms with van der Waals surface area (Å²) in [7, 11) is 0. The van der Waals surface area contributed by atoms with Gasteiger partial charge in [0, 0.05) is 11.8 Å². The molecule has 0 fully saturated rings. The highest BCUT2D eigenvalue weighted by Gasteiger charge is 2.02. The number of H-pyrrole nitrogens is 2. The average molecular weight is 285 g/mol. The van der Waals surface area contributed by atoms with Crippen LogP contribution in [0.3, 0.4) is 0 Å². The van der Waals surface area contributed by atoms with Crippen LogP contribution in [0.2, 0.25) is 10.0 Å². The maximum atomic E-state index is 11.1. The van der Waals surface area contributed by atoms with Gasteiger partial charge in [0.05, 0.1) is 10.0 Å². The first-order chi connectivity index (χ1) is 8.56. The molecule has 0 aliphatic carbocycles. The van der Waals surface area contributed by atoms with Crippen LogP contribution in [-0.4, -0.2) is 10.2 Å². The Labute approximate surface area is 113 Å². The van der Waals surface area contributed by atoms with Gasteiger partial charge in [-0.05, 0) is 30.5 Å². The topological polar surface area (TPSA) is 65.7 Å². The van der Waals surface area contributed by atoms with Gasteiger partial charge in [0.1, 0.15) is 0 Å². The van der Waals surface area contributed by atoms with Gasteiger partial charge in [-0.3, -0.25) is 14.7 Å². The molecule has 4 nitrogen and oxygen atoms in total. The van der Waals surface area contributed by atoms with Gasteiger partial charge in [0.2, 0.25) is 5.43 Å². The first-order valence-corrected chi connectivity index (χ1v) is 6.06. The molecule has 0 saturated carbocycles. The summed E-state index contributed by atoms with van der Waals surface area (Å²) < 4.78 is 0. The molecule has 0 spiro atoms. The standard InChI is InChI=1S/C12H10Cl2N2O2/c13-9-4-2-7(5-10(9)14)1-3-8-6-11(17)12(18)16-15-8/h2,4-6H,1,3H2,(H,15,17)(H,16,18). The zero-order valence-corrected chi connectivity index (χ0v) is 10.8. The van der Waals surface area contributed by atoms with Crippen LogP contribution < -0.4 is 11.0 Å². The van der Waals surface area contributed by atoms with Crippen LogP contribution in [0.5, 0.6) is 0 Å². The third-order valence-corrected chi connectivity index (χ3v) is 3.27. The van der Waals surface area contributed by atoms with Gasteiger partial charge in [0.15, 0.2) is 0 Å². The third kappa shape index (κ3) is 3.03. The van der Waals surface area contributed by atoms with E-state index in [1.54, 1.807) is 12.1 Å². The summed E-state index contributed by atoms with van der Waals surface area (Å²) in [5.41, 5.74) is 0.494. The van der Waals surface area contributed by atoms with Crippen LogP contribution in [0.1, 0.15) is 11.3 Å². The minimum Gasteiger partial charge on any atom is -0.302 e. The summed E-state index contributed by atoms with van der Waals surface area (Å²) in [6.07, 6.45) is 1.29. The van der Waals surface area contributed by atoms with Gasteiger partial charge >= 0.3 is 5.56 Å². The monoisotopic (exact) mass is 284 g/mol. The molecule has 0 unspecified atom stereocenters. The molecule has 94 valence electrons. The van der Waals surface area contributed by atoms with E-state index in [1.165, 1.54) is 6.07 Å². The van der Waals surface area contributed by atoms with Gasteiger partial charge in [-0.25, -0.2) is 0 Å². The molecule has 2 aromatic rings. The summed E-state index contributed by atoms with van der Waals surface area (Å²) in [4.78, 5) is 22.0. The van der Waals surface area contributed by atoms with Crippen molar-refractivity contribution in [1.82, 2.24) is 10.2 Å². The fourth-order valence-corrected chi connectivity index (χ4v) is 1.89. The van der Waals surface area contributed by atoms with Gasteiger partial charge in [0.25, 0.3) is 0 Å². The lowest BCUT2D eigenvalue weighted by molar-refractivity contribution is 0.838. The number of hydrogen-bond acceptors (Lipinski definition) is 2.